The molecule has 2 amide bonds. The summed E-state index contributed by atoms with van der Waals surface area (Å²) in [5.41, 5.74) is 0. The topological polar surface area (TPSA) is 32.3 Å². The maximum Gasteiger partial charge on any atom is 0.405 e. The zero-order valence-electron chi connectivity index (χ0n) is 8.84. The number of hydrogen-bond donors (Lipinski definition) is 1. The van der Waals surface area contributed by atoms with Gasteiger partial charge in [-0.2, -0.15) is 13.2 Å². The molecule has 0 saturated heterocycles. The molecule has 0 atom stereocenters. The predicted octanol–water partition coefficient (Wildman–Crippen LogP) is 3.11. The van der Waals surface area contributed by atoms with Crippen molar-refractivity contribution in [2.75, 3.05) is 13.6 Å². The fraction of sp³-hybridized carbons (Fsp3) is 0.444. The number of urea groups is 1. The van der Waals surface area contributed by atoms with E-state index >= 15 is 0 Å². The third-order valence-electron chi connectivity index (χ3n) is 1.81. The molecule has 0 aliphatic carbocycles. The van der Waals surface area contributed by atoms with E-state index in [9.17, 15) is 18.0 Å². The van der Waals surface area contributed by atoms with Crippen LogP contribution in [0.3, 0.4) is 0 Å². The Hall–Kier alpha value is -0.950. The fourth-order valence-electron chi connectivity index (χ4n) is 1.05. The molecular formula is C9H10ClF3N2OS. The molecule has 0 fully saturated rings. The van der Waals surface area contributed by atoms with Crippen molar-refractivity contribution >= 4 is 29.0 Å². The Bertz CT molecular complexity index is 394. The molecule has 1 aromatic rings. The van der Waals surface area contributed by atoms with Crippen molar-refractivity contribution < 1.29 is 18.0 Å². The van der Waals surface area contributed by atoms with Crippen LogP contribution >= 0.6 is 22.9 Å². The maximum atomic E-state index is 11.9. The third-order valence-corrected chi connectivity index (χ3v) is 3.02. The second-order valence-corrected chi connectivity index (χ2v) is 5.14. The van der Waals surface area contributed by atoms with Gasteiger partial charge in [-0.25, -0.2) is 4.79 Å². The molecule has 0 aliphatic rings. The summed E-state index contributed by atoms with van der Waals surface area (Å²) in [6.07, 6.45) is -4.40. The molecular weight excluding hydrogens is 277 g/mol. The van der Waals surface area contributed by atoms with Crippen LogP contribution in [0.2, 0.25) is 4.34 Å². The van der Waals surface area contributed by atoms with E-state index in [1.807, 2.05) is 0 Å². The second-order valence-electron chi connectivity index (χ2n) is 3.34. The summed E-state index contributed by atoms with van der Waals surface area (Å²) in [4.78, 5) is 13.3. The van der Waals surface area contributed by atoms with Crippen molar-refractivity contribution in [1.82, 2.24) is 10.2 Å². The van der Waals surface area contributed by atoms with Crippen molar-refractivity contribution in [3.05, 3.63) is 21.3 Å². The lowest BCUT2D eigenvalue weighted by molar-refractivity contribution is -0.123. The summed E-state index contributed by atoms with van der Waals surface area (Å²) in [6.45, 7) is -1.11. The molecule has 1 N–H and O–H groups in total. The summed E-state index contributed by atoms with van der Waals surface area (Å²) in [5, 5.41) is 1.78. The van der Waals surface area contributed by atoms with E-state index in [-0.39, 0.29) is 6.54 Å². The highest BCUT2D eigenvalue weighted by molar-refractivity contribution is 7.16. The summed E-state index contributed by atoms with van der Waals surface area (Å²) in [7, 11) is 1.42. The van der Waals surface area contributed by atoms with Crippen LogP contribution in [-0.2, 0) is 6.54 Å². The van der Waals surface area contributed by atoms with Gasteiger partial charge < -0.3 is 10.2 Å². The van der Waals surface area contributed by atoms with Crippen LogP contribution in [0.15, 0.2) is 12.1 Å². The quantitative estimate of drug-likeness (QED) is 0.910. The van der Waals surface area contributed by atoms with Gasteiger partial charge in [0.15, 0.2) is 0 Å². The van der Waals surface area contributed by atoms with Gasteiger partial charge in [0.1, 0.15) is 6.54 Å². The molecule has 1 aromatic heterocycles. The van der Waals surface area contributed by atoms with Crippen LogP contribution in [0.4, 0.5) is 18.0 Å². The van der Waals surface area contributed by atoms with Crippen LogP contribution in [0.1, 0.15) is 4.88 Å². The normalized spacial score (nSPS) is 11.4. The Morgan fingerprint density at radius 1 is 1.53 bits per heavy atom. The Labute approximate surface area is 105 Å². The average molecular weight is 287 g/mol. The second kappa shape index (κ2) is 5.59. The van der Waals surface area contributed by atoms with Gasteiger partial charge >= 0.3 is 12.2 Å². The molecule has 0 saturated carbocycles. The lowest BCUT2D eigenvalue weighted by Gasteiger charge is -2.17. The average Bonchev–Trinajstić information content (AvgIpc) is 2.59. The summed E-state index contributed by atoms with van der Waals surface area (Å²) < 4.78 is 36.2. The molecule has 0 unspecified atom stereocenters. The Morgan fingerprint density at radius 2 is 2.18 bits per heavy atom. The van der Waals surface area contributed by atoms with Crippen molar-refractivity contribution in [3.63, 3.8) is 0 Å². The lowest BCUT2D eigenvalue weighted by atomic mass is 10.4. The van der Waals surface area contributed by atoms with Gasteiger partial charge in [-0.15, -0.1) is 11.3 Å². The first-order valence-electron chi connectivity index (χ1n) is 4.58. The first kappa shape index (κ1) is 14.1. The Balaban J connectivity index is 2.42. The van der Waals surface area contributed by atoms with E-state index < -0.39 is 18.8 Å². The minimum absolute atomic E-state index is 0.223. The van der Waals surface area contributed by atoms with Crippen molar-refractivity contribution in [2.45, 2.75) is 12.7 Å². The SMILES string of the molecule is CN(Cc1ccc(Cl)s1)C(=O)NCC(F)(F)F. The molecule has 3 nitrogen and oxygen atoms in total. The van der Waals surface area contributed by atoms with Gasteiger partial charge in [0.25, 0.3) is 0 Å². The predicted molar refractivity (Wildman–Crippen MR) is 60.2 cm³/mol. The molecule has 0 aliphatic heterocycles. The number of thiophene rings is 1. The van der Waals surface area contributed by atoms with Crippen LogP contribution in [0, 0.1) is 0 Å². The molecule has 0 aromatic carbocycles. The zero-order chi connectivity index (χ0) is 13.1. The number of amides is 2. The highest BCUT2D eigenvalue weighted by atomic mass is 35.5. The lowest BCUT2D eigenvalue weighted by Crippen LogP contribution is -2.41. The van der Waals surface area contributed by atoms with E-state index in [1.165, 1.54) is 18.4 Å². The summed E-state index contributed by atoms with van der Waals surface area (Å²) in [5.74, 6) is 0. The van der Waals surface area contributed by atoms with Crippen LogP contribution in [0.5, 0.6) is 0 Å². The van der Waals surface area contributed by atoms with Crippen LogP contribution in [0.25, 0.3) is 0 Å². The third kappa shape index (κ3) is 5.27. The first-order chi connectivity index (χ1) is 7.78. The molecule has 8 heteroatoms. The van der Waals surface area contributed by atoms with Gasteiger partial charge in [0, 0.05) is 11.9 Å². The molecule has 0 bridgehead atoms. The van der Waals surface area contributed by atoms with Gasteiger partial charge in [0.2, 0.25) is 0 Å². The van der Waals surface area contributed by atoms with Gasteiger partial charge in [-0.05, 0) is 12.1 Å². The van der Waals surface area contributed by atoms with Gasteiger partial charge in [-0.1, -0.05) is 11.6 Å². The summed E-state index contributed by atoms with van der Waals surface area (Å²) in [6, 6.07) is 2.62. The Morgan fingerprint density at radius 3 is 2.65 bits per heavy atom. The van der Waals surface area contributed by atoms with Crippen molar-refractivity contribution in [3.8, 4) is 0 Å². The highest BCUT2D eigenvalue weighted by Crippen LogP contribution is 2.22. The highest BCUT2D eigenvalue weighted by Gasteiger charge is 2.28. The molecule has 17 heavy (non-hydrogen) atoms. The van der Waals surface area contributed by atoms with Crippen molar-refractivity contribution in [2.24, 2.45) is 0 Å². The Kier molecular flexibility index (Phi) is 4.64. The molecule has 96 valence electrons. The number of alkyl halides is 3. The summed E-state index contributed by atoms with van der Waals surface area (Å²) >= 11 is 6.97. The maximum absolute atomic E-state index is 11.9. The van der Waals surface area contributed by atoms with Gasteiger partial charge in [-0.3, -0.25) is 0 Å². The monoisotopic (exact) mass is 286 g/mol. The molecule has 0 radical (unpaired) electrons. The molecule has 1 heterocycles. The van der Waals surface area contributed by atoms with Gasteiger partial charge in [0.05, 0.1) is 10.9 Å². The number of rotatable bonds is 3. The number of carbonyl (C=O) groups excluding carboxylic acids is 1. The zero-order valence-corrected chi connectivity index (χ0v) is 10.4. The number of nitrogens with zero attached hydrogens (tertiary/aromatic N) is 1. The van der Waals surface area contributed by atoms with E-state index in [2.05, 4.69) is 0 Å². The van der Waals surface area contributed by atoms with Crippen LogP contribution < -0.4 is 5.32 Å². The number of halogens is 4. The number of nitrogens with one attached hydrogen (secondary N) is 1. The molecule has 0 spiro atoms. The first-order valence-corrected chi connectivity index (χ1v) is 5.77. The van der Waals surface area contributed by atoms with E-state index in [4.69, 9.17) is 11.6 Å². The van der Waals surface area contributed by atoms with E-state index in [0.717, 1.165) is 9.78 Å². The minimum atomic E-state index is -4.40. The largest absolute Gasteiger partial charge is 0.405 e. The van der Waals surface area contributed by atoms with E-state index in [0.29, 0.717) is 4.34 Å². The minimum Gasteiger partial charge on any atom is -0.329 e. The standard InChI is InChI=1S/C9H10ClF3N2OS/c1-15(4-6-2-3-7(10)17-6)8(16)14-5-9(11,12)13/h2-3H,4-5H2,1H3,(H,14,16). The fourth-order valence-corrected chi connectivity index (χ4v) is 2.19. The molecule has 1 rings (SSSR count). The number of hydrogen-bond acceptors (Lipinski definition) is 2. The van der Waals surface area contributed by atoms with Crippen LogP contribution in [-0.4, -0.2) is 30.7 Å². The van der Waals surface area contributed by atoms with E-state index in [1.54, 1.807) is 17.4 Å². The number of carbonyl (C=O) groups is 1. The van der Waals surface area contributed by atoms with Crippen molar-refractivity contribution in [1.29, 1.82) is 0 Å². The smallest absolute Gasteiger partial charge is 0.329 e.